The topological polar surface area (TPSA) is 87.0 Å². The van der Waals surface area contributed by atoms with Crippen LogP contribution >= 0.6 is 35.4 Å². The maximum absolute atomic E-state index is 13.2. The van der Waals surface area contributed by atoms with Crippen LogP contribution in [0.3, 0.4) is 0 Å². The first-order valence-electron chi connectivity index (χ1n) is 8.66. The van der Waals surface area contributed by atoms with Gasteiger partial charge in [0, 0.05) is 15.4 Å². The maximum atomic E-state index is 13.2. The number of nitrogens with one attached hydrogen (secondary N) is 1. The number of fused-ring (bicyclic) bond motifs is 1. The number of aromatic amines is 1. The van der Waals surface area contributed by atoms with Crippen LogP contribution in [0.4, 0.5) is 0 Å². The van der Waals surface area contributed by atoms with Crippen molar-refractivity contribution in [1.29, 1.82) is 0 Å². The second-order valence-corrected chi connectivity index (χ2v) is 7.54. The number of benzene rings is 2. The lowest BCUT2D eigenvalue weighted by atomic mass is 10.1. The van der Waals surface area contributed by atoms with Crippen molar-refractivity contribution in [3.05, 3.63) is 67.5 Å². The molecule has 2 aromatic heterocycles. The fourth-order valence-electron chi connectivity index (χ4n) is 3.20. The molecule has 0 aliphatic carbocycles. The molecule has 1 N–H and O–H groups in total. The number of aromatic nitrogens is 5. The predicted octanol–water partition coefficient (Wildman–Crippen LogP) is 4.01. The molecule has 0 amide bonds. The molecule has 154 valence electrons. The first-order chi connectivity index (χ1) is 14.4. The number of ether oxygens (including phenoxy) is 2. The summed E-state index contributed by atoms with van der Waals surface area (Å²) in [5.41, 5.74) is 0.266. The van der Waals surface area contributed by atoms with Crippen LogP contribution in [0.2, 0.25) is 10.0 Å². The second-order valence-electron chi connectivity index (χ2n) is 6.28. The van der Waals surface area contributed by atoms with Crippen LogP contribution < -0.4 is 15.0 Å². The van der Waals surface area contributed by atoms with Crippen LogP contribution in [0.1, 0.15) is 5.82 Å². The van der Waals surface area contributed by atoms with Gasteiger partial charge in [-0.15, -0.1) is 0 Å². The number of nitrogens with zero attached hydrogens (tertiary/aromatic N) is 4. The highest BCUT2D eigenvalue weighted by Crippen LogP contribution is 2.32. The number of H-pyrrole nitrogens is 1. The van der Waals surface area contributed by atoms with Crippen molar-refractivity contribution in [2.45, 2.75) is 6.54 Å². The Labute approximate surface area is 185 Å². The van der Waals surface area contributed by atoms with E-state index in [1.54, 1.807) is 41.1 Å². The average molecular weight is 464 g/mol. The number of hydrogen-bond donors (Lipinski definition) is 1. The highest BCUT2D eigenvalue weighted by Gasteiger charge is 2.17. The second kappa shape index (κ2) is 8.10. The van der Waals surface area contributed by atoms with E-state index in [4.69, 9.17) is 44.9 Å². The molecule has 0 bridgehead atoms. The van der Waals surface area contributed by atoms with Gasteiger partial charge in [-0.3, -0.25) is 14.5 Å². The van der Waals surface area contributed by atoms with Crippen molar-refractivity contribution < 1.29 is 9.47 Å². The minimum atomic E-state index is -0.354. The Morgan fingerprint density at radius 3 is 2.53 bits per heavy atom. The molecule has 30 heavy (non-hydrogen) atoms. The first-order valence-corrected chi connectivity index (χ1v) is 9.83. The van der Waals surface area contributed by atoms with Gasteiger partial charge in [-0.25, -0.2) is 4.68 Å². The molecule has 8 nitrogen and oxygen atoms in total. The Balaban J connectivity index is 1.86. The smallest absolute Gasteiger partial charge is 0.278 e. The van der Waals surface area contributed by atoms with Gasteiger partial charge in [-0.05, 0) is 42.5 Å². The van der Waals surface area contributed by atoms with Gasteiger partial charge in [-0.1, -0.05) is 23.2 Å². The van der Waals surface area contributed by atoms with E-state index in [0.717, 1.165) is 0 Å². The molecule has 0 fully saturated rings. The molecule has 2 aromatic carbocycles. The zero-order valence-corrected chi connectivity index (χ0v) is 18.2. The monoisotopic (exact) mass is 463 g/mol. The van der Waals surface area contributed by atoms with Crippen molar-refractivity contribution >= 4 is 46.2 Å². The lowest BCUT2D eigenvalue weighted by molar-refractivity contribution is 0.358. The van der Waals surface area contributed by atoms with Crippen molar-refractivity contribution in [3.8, 4) is 17.2 Å². The standard InChI is InChI=1S/C19H15Cl2N5O3S/c1-28-14-4-3-10-8-22-25(18(27)16(10)17(14)29-2)9-15-23-24-19(30)26(15)13-6-11(20)5-12(21)7-13/h3-8H,9H2,1-2H3,(H,24,30). The Hall–Kier alpha value is -2.88. The molecule has 4 rings (SSSR count). The largest absolute Gasteiger partial charge is 0.493 e. The zero-order valence-electron chi connectivity index (χ0n) is 15.8. The van der Waals surface area contributed by atoms with E-state index < -0.39 is 0 Å². The quantitative estimate of drug-likeness (QED) is 0.449. The van der Waals surface area contributed by atoms with Gasteiger partial charge in [-0.2, -0.15) is 10.2 Å². The Kier molecular flexibility index (Phi) is 5.50. The Morgan fingerprint density at radius 2 is 1.87 bits per heavy atom. The molecule has 11 heteroatoms. The van der Waals surface area contributed by atoms with Crippen LogP contribution in [0.25, 0.3) is 16.5 Å². The minimum Gasteiger partial charge on any atom is -0.493 e. The molecule has 0 atom stereocenters. The minimum absolute atomic E-state index is 0.0480. The summed E-state index contributed by atoms with van der Waals surface area (Å²) in [6, 6.07) is 8.49. The van der Waals surface area contributed by atoms with Crippen LogP contribution in [-0.2, 0) is 6.54 Å². The van der Waals surface area contributed by atoms with Gasteiger partial charge in [0.05, 0.1) is 31.5 Å². The van der Waals surface area contributed by atoms with Crippen molar-refractivity contribution in [2.24, 2.45) is 0 Å². The SMILES string of the molecule is COc1ccc2cnn(Cc3n[nH]c(=S)n3-c3cc(Cl)cc(Cl)c3)c(=O)c2c1OC. The normalized spacial score (nSPS) is 11.1. The maximum Gasteiger partial charge on any atom is 0.278 e. The van der Waals surface area contributed by atoms with Crippen LogP contribution in [0.15, 0.2) is 41.3 Å². The van der Waals surface area contributed by atoms with E-state index in [2.05, 4.69) is 15.3 Å². The number of halogens is 2. The van der Waals surface area contributed by atoms with Crippen LogP contribution in [0, 0.1) is 4.77 Å². The molecule has 2 heterocycles. The Morgan fingerprint density at radius 1 is 1.13 bits per heavy atom. The third kappa shape index (κ3) is 3.55. The zero-order chi connectivity index (χ0) is 21.4. The molecule has 4 aromatic rings. The molecule has 0 unspecified atom stereocenters. The molecule has 0 saturated heterocycles. The van der Waals surface area contributed by atoms with Gasteiger partial charge in [0.25, 0.3) is 5.56 Å². The fourth-order valence-corrected chi connectivity index (χ4v) is 3.97. The molecular formula is C19H15Cl2N5O3S. The van der Waals surface area contributed by atoms with Gasteiger partial charge in [0.1, 0.15) is 6.54 Å². The summed E-state index contributed by atoms with van der Waals surface area (Å²) >= 11 is 17.6. The summed E-state index contributed by atoms with van der Waals surface area (Å²) in [5, 5.41) is 13.1. The van der Waals surface area contributed by atoms with E-state index in [1.165, 1.54) is 18.9 Å². The van der Waals surface area contributed by atoms with Crippen molar-refractivity contribution in [3.63, 3.8) is 0 Å². The molecule has 0 radical (unpaired) electrons. The van der Waals surface area contributed by atoms with E-state index in [0.29, 0.717) is 48.6 Å². The van der Waals surface area contributed by atoms with Crippen LogP contribution in [0.5, 0.6) is 11.5 Å². The number of methoxy groups -OCH3 is 2. The predicted molar refractivity (Wildman–Crippen MR) is 117 cm³/mol. The summed E-state index contributed by atoms with van der Waals surface area (Å²) < 4.78 is 14.0. The molecule has 0 aliphatic rings. The lowest BCUT2D eigenvalue weighted by Gasteiger charge is -2.12. The van der Waals surface area contributed by atoms with Crippen molar-refractivity contribution in [2.75, 3.05) is 14.2 Å². The number of rotatable bonds is 5. The fraction of sp³-hybridized carbons (Fsp3) is 0.158. The van der Waals surface area contributed by atoms with Gasteiger partial charge in [0.2, 0.25) is 0 Å². The lowest BCUT2D eigenvalue weighted by Crippen LogP contribution is -2.25. The van der Waals surface area contributed by atoms with Crippen LogP contribution in [-0.4, -0.2) is 38.8 Å². The Bertz CT molecular complexity index is 1360. The highest BCUT2D eigenvalue weighted by molar-refractivity contribution is 7.71. The third-order valence-corrected chi connectivity index (χ3v) is 5.21. The van der Waals surface area contributed by atoms with E-state index in [1.807, 2.05) is 0 Å². The first kappa shape index (κ1) is 20.4. The van der Waals surface area contributed by atoms with E-state index in [9.17, 15) is 4.79 Å². The third-order valence-electron chi connectivity index (χ3n) is 4.50. The average Bonchev–Trinajstić information content (AvgIpc) is 3.08. The van der Waals surface area contributed by atoms with Gasteiger partial charge in [0.15, 0.2) is 22.1 Å². The summed E-state index contributed by atoms with van der Waals surface area (Å²) in [6.07, 6.45) is 1.58. The van der Waals surface area contributed by atoms with E-state index >= 15 is 0 Å². The summed E-state index contributed by atoms with van der Waals surface area (Å²) in [6.45, 7) is 0.0480. The molecular weight excluding hydrogens is 449 g/mol. The summed E-state index contributed by atoms with van der Waals surface area (Å²) in [7, 11) is 2.99. The summed E-state index contributed by atoms with van der Waals surface area (Å²) in [4.78, 5) is 13.2. The highest BCUT2D eigenvalue weighted by atomic mass is 35.5. The molecule has 0 spiro atoms. The summed E-state index contributed by atoms with van der Waals surface area (Å²) in [5.74, 6) is 1.25. The molecule has 0 aliphatic heterocycles. The van der Waals surface area contributed by atoms with Gasteiger partial charge < -0.3 is 9.47 Å². The van der Waals surface area contributed by atoms with Crippen molar-refractivity contribution in [1.82, 2.24) is 24.5 Å². The van der Waals surface area contributed by atoms with Gasteiger partial charge >= 0.3 is 0 Å². The van der Waals surface area contributed by atoms with E-state index in [-0.39, 0.29) is 12.1 Å². The molecule has 0 saturated carbocycles. The number of hydrogen-bond acceptors (Lipinski definition) is 6.